The van der Waals surface area contributed by atoms with E-state index in [9.17, 15) is 4.79 Å². The molecule has 5 nitrogen and oxygen atoms in total. The number of furan rings is 1. The molecule has 7 heteroatoms. The number of rotatable bonds is 6. The van der Waals surface area contributed by atoms with Crippen molar-refractivity contribution < 1.29 is 13.9 Å². The first-order valence-electron chi connectivity index (χ1n) is 9.34. The Morgan fingerprint density at radius 3 is 2.60 bits per heavy atom. The number of hydrogen-bond donors (Lipinski definition) is 0. The quantitative estimate of drug-likeness (QED) is 0.406. The third kappa shape index (κ3) is 4.75. The number of halogens is 1. The molecule has 0 radical (unpaired) electrons. The fourth-order valence-corrected chi connectivity index (χ4v) is 4.18. The summed E-state index contributed by atoms with van der Waals surface area (Å²) in [5.74, 6) is 1.27. The molecular formula is C23H19BrN2O3S. The van der Waals surface area contributed by atoms with Gasteiger partial charge in [-0.3, -0.25) is 9.69 Å². The van der Waals surface area contributed by atoms with E-state index in [1.807, 2.05) is 66.7 Å². The average Bonchev–Trinajstić information content (AvgIpc) is 3.33. The number of ether oxygens (including phenoxy) is 1. The second-order valence-electron chi connectivity index (χ2n) is 6.50. The molecule has 0 spiro atoms. The summed E-state index contributed by atoms with van der Waals surface area (Å²) < 4.78 is 12.1. The molecule has 1 fully saturated rings. The molecule has 1 amide bonds. The maximum absolute atomic E-state index is 13.0. The SMILES string of the molecule is COCCN1C(=O)/C(=C/c2ccc(-c3ccc(Br)cc3)o2)SC1=Nc1ccccc1. The van der Waals surface area contributed by atoms with Crippen LogP contribution in [0.2, 0.25) is 0 Å². The minimum absolute atomic E-state index is 0.103. The van der Waals surface area contributed by atoms with E-state index in [0.717, 1.165) is 21.5 Å². The van der Waals surface area contributed by atoms with E-state index in [-0.39, 0.29) is 5.91 Å². The molecule has 0 N–H and O–H groups in total. The largest absolute Gasteiger partial charge is 0.457 e. The fraction of sp³-hybridized carbons (Fsp3) is 0.130. The first kappa shape index (κ1) is 20.7. The van der Waals surface area contributed by atoms with Crippen LogP contribution in [0, 0.1) is 0 Å². The second-order valence-corrected chi connectivity index (χ2v) is 8.42. The maximum Gasteiger partial charge on any atom is 0.266 e. The van der Waals surface area contributed by atoms with E-state index in [4.69, 9.17) is 9.15 Å². The molecule has 152 valence electrons. The molecule has 0 bridgehead atoms. The molecule has 2 aromatic carbocycles. The van der Waals surface area contributed by atoms with Crippen LogP contribution in [0.5, 0.6) is 0 Å². The molecule has 4 rings (SSSR count). The van der Waals surface area contributed by atoms with Crippen molar-refractivity contribution in [3.8, 4) is 11.3 Å². The van der Waals surface area contributed by atoms with Crippen LogP contribution < -0.4 is 0 Å². The molecule has 0 saturated carbocycles. The number of nitrogens with zero attached hydrogens (tertiary/aromatic N) is 2. The molecular weight excluding hydrogens is 464 g/mol. The van der Waals surface area contributed by atoms with E-state index in [1.165, 1.54) is 11.8 Å². The van der Waals surface area contributed by atoms with E-state index < -0.39 is 0 Å². The van der Waals surface area contributed by atoms with Gasteiger partial charge in [-0.2, -0.15) is 0 Å². The lowest BCUT2D eigenvalue weighted by molar-refractivity contribution is -0.122. The Bertz CT molecular complexity index is 1090. The molecule has 1 aromatic heterocycles. The maximum atomic E-state index is 13.0. The summed E-state index contributed by atoms with van der Waals surface area (Å²) >= 11 is 4.78. The number of para-hydroxylation sites is 1. The van der Waals surface area contributed by atoms with Crippen molar-refractivity contribution in [1.82, 2.24) is 4.90 Å². The first-order valence-corrected chi connectivity index (χ1v) is 10.9. The van der Waals surface area contributed by atoms with Gasteiger partial charge in [-0.25, -0.2) is 4.99 Å². The van der Waals surface area contributed by atoms with Gasteiger partial charge < -0.3 is 9.15 Å². The van der Waals surface area contributed by atoms with Gasteiger partial charge in [0.15, 0.2) is 5.17 Å². The zero-order valence-electron chi connectivity index (χ0n) is 16.2. The minimum Gasteiger partial charge on any atom is -0.457 e. The summed E-state index contributed by atoms with van der Waals surface area (Å²) in [4.78, 5) is 19.8. The molecule has 0 unspecified atom stereocenters. The number of benzene rings is 2. The molecule has 3 aromatic rings. The standard InChI is InChI=1S/C23H19BrN2O3S/c1-28-14-13-26-22(27)21(30-23(26)25-18-5-3-2-4-6-18)15-19-11-12-20(29-19)16-7-9-17(24)10-8-16/h2-12,15H,13-14H2,1H3/b21-15-,25-23?. The lowest BCUT2D eigenvalue weighted by Gasteiger charge is -2.14. The van der Waals surface area contributed by atoms with Gasteiger partial charge in [-0.15, -0.1) is 0 Å². The van der Waals surface area contributed by atoms with Gasteiger partial charge in [0, 0.05) is 23.2 Å². The van der Waals surface area contributed by atoms with Crippen molar-refractivity contribution in [1.29, 1.82) is 0 Å². The van der Waals surface area contributed by atoms with E-state index in [0.29, 0.717) is 29.0 Å². The van der Waals surface area contributed by atoms with Crippen LogP contribution in [0.15, 0.2) is 85.5 Å². The van der Waals surface area contributed by atoms with E-state index >= 15 is 0 Å². The van der Waals surface area contributed by atoms with Crippen LogP contribution in [0.3, 0.4) is 0 Å². The smallest absolute Gasteiger partial charge is 0.266 e. The average molecular weight is 483 g/mol. The van der Waals surface area contributed by atoms with Gasteiger partial charge in [0.05, 0.1) is 23.7 Å². The van der Waals surface area contributed by atoms with Crippen LogP contribution in [0.25, 0.3) is 17.4 Å². The van der Waals surface area contributed by atoms with Gasteiger partial charge in [-0.05, 0) is 48.2 Å². The number of hydrogen-bond acceptors (Lipinski definition) is 5. The highest BCUT2D eigenvalue weighted by Gasteiger charge is 2.33. The highest BCUT2D eigenvalue weighted by atomic mass is 79.9. The third-order valence-electron chi connectivity index (χ3n) is 4.42. The Labute approximate surface area is 187 Å². The molecule has 1 aliphatic rings. The summed E-state index contributed by atoms with van der Waals surface area (Å²) in [5, 5.41) is 0.634. The van der Waals surface area contributed by atoms with Gasteiger partial charge in [0.1, 0.15) is 11.5 Å². The topological polar surface area (TPSA) is 55.0 Å². The van der Waals surface area contributed by atoms with Crippen LogP contribution in [-0.2, 0) is 9.53 Å². The monoisotopic (exact) mass is 482 g/mol. The molecule has 2 heterocycles. The highest BCUT2D eigenvalue weighted by molar-refractivity contribution is 9.10. The van der Waals surface area contributed by atoms with Crippen molar-refractivity contribution in [2.24, 2.45) is 4.99 Å². The molecule has 1 saturated heterocycles. The Balaban J connectivity index is 1.60. The normalized spacial score (nSPS) is 16.7. The number of carbonyl (C=O) groups is 1. The summed E-state index contributed by atoms with van der Waals surface area (Å²) in [6.07, 6.45) is 1.77. The summed E-state index contributed by atoms with van der Waals surface area (Å²) in [6, 6.07) is 21.2. The number of thioether (sulfide) groups is 1. The number of amidine groups is 1. The van der Waals surface area contributed by atoms with Crippen molar-refractivity contribution in [2.45, 2.75) is 0 Å². The molecule has 0 aliphatic carbocycles. The van der Waals surface area contributed by atoms with Crippen molar-refractivity contribution >= 4 is 50.5 Å². The minimum atomic E-state index is -0.103. The number of methoxy groups -OCH3 is 1. The van der Waals surface area contributed by atoms with E-state index in [1.54, 1.807) is 18.1 Å². The Morgan fingerprint density at radius 1 is 1.10 bits per heavy atom. The predicted molar refractivity (Wildman–Crippen MR) is 125 cm³/mol. The number of aliphatic imine (C=N–C) groups is 1. The fourth-order valence-electron chi connectivity index (χ4n) is 2.91. The lowest BCUT2D eigenvalue weighted by atomic mass is 10.2. The molecule has 0 atom stereocenters. The first-order chi connectivity index (χ1) is 14.6. The van der Waals surface area contributed by atoms with Gasteiger partial charge in [0.25, 0.3) is 5.91 Å². The van der Waals surface area contributed by atoms with Gasteiger partial charge in [0.2, 0.25) is 0 Å². The molecule has 30 heavy (non-hydrogen) atoms. The Kier molecular flexibility index (Phi) is 6.52. The van der Waals surface area contributed by atoms with Crippen molar-refractivity contribution in [3.63, 3.8) is 0 Å². The van der Waals surface area contributed by atoms with Crippen molar-refractivity contribution in [2.75, 3.05) is 20.3 Å². The Morgan fingerprint density at radius 2 is 1.87 bits per heavy atom. The van der Waals surface area contributed by atoms with Gasteiger partial charge >= 0.3 is 0 Å². The number of amides is 1. The predicted octanol–water partition coefficient (Wildman–Crippen LogP) is 5.96. The lowest BCUT2D eigenvalue weighted by Crippen LogP contribution is -2.32. The van der Waals surface area contributed by atoms with Crippen LogP contribution in [0.4, 0.5) is 5.69 Å². The zero-order chi connectivity index (χ0) is 20.9. The van der Waals surface area contributed by atoms with Crippen LogP contribution in [0.1, 0.15) is 5.76 Å². The Hall–Kier alpha value is -2.61. The van der Waals surface area contributed by atoms with Crippen LogP contribution in [-0.4, -0.2) is 36.2 Å². The second kappa shape index (κ2) is 9.47. The van der Waals surface area contributed by atoms with Crippen molar-refractivity contribution in [3.05, 3.63) is 81.9 Å². The third-order valence-corrected chi connectivity index (χ3v) is 5.95. The highest BCUT2D eigenvalue weighted by Crippen LogP contribution is 2.35. The van der Waals surface area contributed by atoms with Gasteiger partial charge in [-0.1, -0.05) is 46.3 Å². The summed E-state index contributed by atoms with van der Waals surface area (Å²) in [6.45, 7) is 0.871. The summed E-state index contributed by atoms with van der Waals surface area (Å²) in [5.41, 5.74) is 1.77. The zero-order valence-corrected chi connectivity index (χ0v) is 18.7. The van der Waals surface area contributed by atoms with Crippen LogP contribution >= 0.6 is 27.7 Å². The molecule has 1 aliphatic heterocycles. The van der Waals surface area contributed by atoms with E-state index in [2.05, 4.69) is 20.9 Å². The number of carbonyl (C=O) groups excluding carboxylic acids is 1. The summed E-state index contributed by atoms with van der Waals surface area (Å²) in [7, 11) is 1.62.